The third-order valence-electron chi connectivity index (χ3n) is 2.14. The molecule has 0 aliphatic carbocycles. The number of aromatic nitrogens is 3. The van der Waals surface area contributed by atoms with Gasteiger partial charge in [-0.05, 0) is 13.3 Å². The van der Waals surface area contributed by atoms with Gasteiger partial charge in [0.2, 0.25) is 0 Å². The molecule has 0 aliphatic heterocycles. The van der Waals surface area contributed by atoms with Crippen molar-refractivity contribution in [3.8, 4) is 0 Å². The molecule has 0 saturated carbocycles. The molecule has 0 radical (unpaired) electrons. The molecule has 15 heavy (non-hydrogen) atoms. The van der Waals surface area contributed by atoms with Gasteiger partial charge >= 0.3 is 0 Å². The highest BCUT2D eigenvalue weighted by molar-refractivity contribution is 7.99. The summed E-state index contributed by atoms with van der Waals surface area (Å²) < 4.78 is 2.00. The summed E-state index contributed by atoms with van der Waals surface area (Å²) >= 11 is 1.57. The highest BCUT2D eigenvalue weighted by Gasteiger charge is 2.13. The van der Waals surface area contributed by atoms with E-state index in [4.69, 9.17) is 5.11 Å². The number of thioether (sulfide) groups is 1. The number of aliphatic hydroxyl groups excluding tert-OH is 1. The molecule has 0 spiro atoms. The number of hydrogen-bond acceptors (Lipinski definition) is 4. The Labute approximate surface area is 94.4 Å². The average Bonchev–Trinajstić information content (AvgIpc) is 2.58. The normalized spacial score (nSPS) is 12.7. The molecule has 4 nitrogen and oxygen atoms in total. The van der Waals surface area contributed by atoms with Gasteiger partial charge in [0.15, 0.2) is 5.16 Å². The lowest BCUT2D eigenvalue weighted by Crippen LogP contribution is -2.09. The maximum Gasteiger partial charge on any atom is 0.191 e. The van der Waals surface area contributed by atoms with E-state index in [2.05, 4.69) is 23.7 Å². The summed E-state index contributed by atoms with van der Waals surface area (Å²) in [7, 11) is 0. The largest absolute Gasteiger partial charge is 0.395 e. The second kappa shape index (κ2) is 5.92. The molecule has 0 saturated heterocycles. The Hall–Kier alpha value is -0.810. The number of rotatable bonds is 6. The molecular weight excluding hydrogens is 210 g/mol. The minimum absolute atomic E-state index is 0.168. The van der Waals surface area contributed by atoms with Gasteiger partial charge in [0, 0.05) is 11.8 Å². The van der Waals surface area contributed by atoms with E-state index in [0.29, 0.717) is 6.54 Å². The van der Waals surface area contributed by atoms with E-state index in [0.717, 1.165) is 17.4 Å². The average molecular weight is 227 g/mol. The van der Waals surface area contributed by atoms with Crippen molar-refractivity contribution in [2.45, 2.75) is 37.2 Å². The first kappa shape index (κ1) is 12.3. The lowest BCUT2D eigenvalue weighted by molar-refractivity contribution is 0.292. The molecule has 84 valence electrons. The first-order chi connectivity index (χ1) is 7.22. The Bertz CT molecular complexity index is 320. The van der Waals surface area contributed by atoms with Crippen molar-refractivity contribution >= 4 is 11.8 Å². The Morgan fingerprint density at radius 3 is 2.87 bits per heavy atom. The fraction of sp³-hybridized carbons (Fsp3) is 0.600. The Morgan fingerprint density at radius 2 is 2.33 bits per heavy atom. The van der Waals surface area contributed by atoms with Crippen molar-refractivity contribution in [3.63, 3.8) is 0 Å². The molecule has 0 fully saturated rings. The molecule has 5 heteroatoms. The minimum Gasteiger partial charge on any atom is -0.395 e. The first-order valence-corrected chi connectivity index (χ1v) is 5.89. The zero-order valence-corrected chi connectivity index (χ0v) is 10.00. The number of aliphatic hydroxyl groups is 1. The molecule has 0 aromatic carbocycles. The molecule has 1 aromatic heterocycles. The number of aryl methyl sites for hydroxylation is 1. The highest BCUT2D eigenvalue weighted by atomic mass is 32.2. The third-order valence-corrected chi connectivity index (χ3v) is 3.47. The maximum absolute atomic E-state index is 9.12. The fourth-order valence-electron chi connectivity index (χ4n) is 1.19. The maximum atomic E-state index is 9.12. The molecule has 0 bridgehead atoms. The van der Waals surface area contributed by atoms with E-state index >= 15 is 0 Å². The van der Waals surface area contributed by atoms with E-state index in [1.54, 1.807) is 11.8 Å². The summed E-state index contributed by atoms with van der Waals surface area (Å²) in [6.07, 6.45) is 2.74. The monoisotopic (exact) mass is 227 g/mol. The van der Waals surface area contributed by atoms with Crippen LogP contribution in [0.2, 0.25) is 0 Å². The lowest BCUT2D eigenvalue weighted by Gasteiger charge is -2.11. The number of nitrogens with zero attached hydrogens (tertiary/aromatic N) is 3. The van der Waals surface area contributed by atoms with E-state index in [-0.39, 0.29) is 11.9 Å². The quantitative estimate of drug-likeness (QED) is 0.593. The summed E-state index contributed by atoms with van der Waals surface area (Å²) in [5.41, 5.74) is 0. The SMILES string of the molecule is C=CCn1c(C)nnc1SC(CC)CO. The Morgan fingerprint density at radius 1 is 1.60 bits per heavy atom. The van der Waals surface area contributed by atoms with Crippen LogP contribution in [0.4, 0.5) is 0 Å². The highest BCUT2D eigenvalue weighted by Crippen LogP contribution is 2.23. The second-order valence-electron chi connectivity index (χ2n) is 3.26. The van der Waals surface area contributed by atoms with Gasteiger partial charge in [0.25, 0.3) is 0 Å². The van der Waals surface area contributed by atoms with Crippen molar-refractivity contribution < 1.29 is 5.11 Å². The van der Waals surface area contributed by atoms with Crippen LogP contribution in [0.15, 0.2) is 17.8 Å². The fourth-order valence-corrected chi connectivity index (χ4v) is 2.15. The molecule has 1 heterocycles. The van der Waals surface area contributed by atoms with Gasteiger partial charge in [-0.15, -0.1) is 16.8 Å². The first-order valence-electron chi connectivity index (χ1n) is 5.01. The van der Waals surface area contributed by atoms with Gasteiger partial charge in [-0.3, -0.25) is 0 Å². The summed E-state index contributed by atoms with van der Waals surface area (Å²) in [4.78, 5) is 0. The van der Waals surface area contributed by atoms with E-state index in [1.165, 1.54) is 0 Å². The van der Waals surface area contributed by atoms with Crippen LogP contribution in [0.25, 0.3) is 0 Å². The van der Waals surface area contributed by atoms with Crippen LogP contribution < -0.4 is 0 Å². The molecule has 1 aromatic rings. The molecule has 1 N–H and O–H groups in total. The van der Waals surface area contributed by atoms with Gasteiger partial charge < -0.3 is 9.67 Å². The van der Waals surface area contributed by atoms with Gasteiger partial charge in [-0.1, -0.05) is 24.8 Å². The second-order valence-corrected chi connectivity index (χ2v) is 4.53. The number of hydrogen-bond donors (Lipinski definition) is 1. The molecule has 1 atom stereocenters. The van der Waals surface area contributed by atoms with Crippen LogP contribution in [0, 0.1) is 6.92 Å². The van der Waals surface area contributed by atoms with Gasteiger partial charge in [-0.25, -0.2) is 0 Å². The van der Waals surface area contributed by atoms with Crippen molar-refractivity contribution in [1.82, 2.24) is 14.8 Å². The third kappa shape index (κ3) is 3.07. The van der Waals surface area contributed by atoms with Crippen molar-refractivity contribution in [1.29, 1.82) is 0 Å². The predicted molar refractivity (Wildman–Crippen MR) is 62.0 cm³/mol. The van der Waals surface area contributed by atoms with Crippen LogP contribution >= 0.6 is 11.8 Å². The zero-order chi connectivity index (χ0) is 11.3. The van der Waals surface area contributed by atoms with Gasteiger partial charge in [0.05, 0.1) is 6.61 Å². The predicted octanol–water partition coefficient (Wildman–Crippen LogP) is 1.64. The summed E-state index contributed by atoms with van der Waals surface area (Å²) in [6, 6.07) is 0. The van der Waals surface area contributed by atoms with Gasteiger partial charge in [-0.2, -0.15) is 0 Å². The Balaban J connectivity index is 2.79. The smallest absolute Gasteiger partial charge is 0.191 e. The Kier molecular flexibility index (Phi) is 4.84. The molecule has 0 amide bonds. The minimum atomic E-state index is 0.168. The van der Waals surface area contributed by atoms with Crippen LogP contribution in [-0.4, -0.2) is 31.7 Å². The molecule has 1 rings (SSSR count). The van der Waals surface area contributed by atoms with Crippen LogP contribution in [0.1, 0.15) is 19.2 Å². The zero-order valence-electron chi connectivity index (χ0n) is 9.18. The van der Waals surface area contributed by atoms with E-state index in [1.807, 2.05) is 17.6 Å². The molecular formula is C10H17N3OS. The van der Waals surface area contributed by atoms with E-state index < -0.39 is 0 Å². The van der Waals surface area contributed by atoms with Crippen LogP contribution in [0.5, 0.6) is 0 Å². The number of allylic oxidation sites excluding steroid dienone is 1. The topological polar surface area (TPSA) is 50.9 Å². The summed E-state index contributed by atoms with van der Waals surface area (Å²) in [5.74, 6) is 0.880. The van der Waals surface area contributed by atoms with Crippen molar-refractivity contribution in [2.24, 2.45) is 0 Å². The van der Waals surface area contributed by atoms with Crippen LogP contribution in [0.3, 0.4) is 0 Å². The van der Waals surface area contributed by atoms with Crippen LogP contribution in [-0.2, 0) is 6.54 Å². The summed E-state index contributed by atoms with van der Waals surface area (Å²) in [5, 5.41) is 18.3. The van der Waals surface area contributed by atoms with E-state index in [9.17, 15) is 0 Å². The lowest BCUT2D eigenvalue weighted by atomic mass is 10.3. The summed E-state index contributed by atoms with van der Waals surface area (Å²) in [6.45, 7) is 8.55. The molecule has 0 aliphatic rings. The van der Waals surface area contributed by atoms with Crippen molar-refractivity contribution in [2.75, 3.05) is 6.61 Å². The standard InChI is InChI=1S/C10H17N3OS/c1-4-6-13-8(3)11-12-10(13)15-9(5-2)7-14/h4,9,14H,1,5-7H2,2-3H3. The van der Waals surface area contributed by atoms with Crippen molar-refractivity contribution in [3.05, 3.63) is 18.5 Å². The van der Waals surface area contributed by atoms with Gasteiger partial charge in [0.1, 0.15) is 5.82 Å². The molecule has 1 unspecified atom stereocenters.